The lowest BCUT2D eigenvalue weighted by atomic mass is 9.98. The maximum atomic E-state index is 11.1. The molecule has 1 aliphatic rings. The smallest absolute Gasteiger partial charge is 0.278 e. The average Bonchev–Trinajstić information content (AvgIpc) is 2.48. The van der Waals surface area contributed by atoms with E-state index in [9.17, 15) is 5.11 Å². The minimum absolute atomic E-state index is 0.472. The van der Waals surface area contributed by atoms with Crippen LogP contribution in [0.1, 0.15) is 5.56 Å². The lowest BCUT2D eigenvalue weighted by Crippen LogP contribution is -3.07. The van der Waals surface area contributed by atoms with Crippen molar-refractivity contribution in [2.75, 3.05) is 20.6 Å². The Morgan fingerprint density at radius 1 is 1.00 bits per heavy atom. The van der Waals surface area contributed by atoms with E-state index in [1.165, 1.54) is 4.90 Å². The fraction of sp³-hybridized carbons (Fsp3) is 0.294. The van der Waals surface area contributed by atoms with Gasteiger partial charge in [0.15, 0.2) is 11.5 Å². The van der Waals surface area contributed by atoms with Crippen LogP contribution in [-0.4, -0.2) is 31.9 Å². The van der Waals surface area contributed by atoms with Crippen molar-refractivity contribution in [1.82, 2.24) is 0 Å². The predicted molar refractivity (Wildman–Crippen MR) is 79.5 cm³/mol. The summed E-state index contributed by atoms with van der Waals surface area (Å²) in [7, 11) is 4.05. The first-order valence-corrected chi connectivity index (χ1v) is 7.11. The van der Waals surface area contributed by atoms with E-state index >= 15 is 0 Å². The number of fused-ring (bicyclic) bond motifs is 1. The Bertz CT molecular complexity index is 614. The highest BCUT2D eigenvalue weighted by atomic mass is 16.7. The highest BCUT2D eigenvalue weighted by Gasteiger charge is 2.48. The second kappa shape index (κ2) is 5.39. The lowest BCUT2D eigenvalue weighted by molar-refractivity contribution is -0.863. The third-order valence-corrected chi connectivity index (χ3v) is 3.60. The normalized spacial score (nSPS) is 24.1. The van der Waals surface area contributed by atoms with Gasteiger partial charge >= 0.3 is 0 Å². The molecule has 0 unspecified atom stereocenters. The number of aliphatic hydroxyl groups is 1. The van der Waals surface area contributed by atoms with Crippen LogP contribution in [0.3, 0.4) is 0 Å². The van der Waals surface area contributed by atoms with E-state index in [4.69, 9.17) is 9.47 Å². The van der Waals surface area contributed by atoms with Crippen LogP contribution in [0.15, 0.2) is 54.6 Å². The molecular formula is C17H20NO3+. The minimum Gasteiger partial charge on any atom is -0.473 e. The van der Waals surface area contributed by atoms with Crippen molar-refractivity contribution in [3.8, 4) is 11.5 Å². The van der Waals surface area contributed by atoms with Gasteiger partial charge in [-0.2, -0.15) is 0 Å². The van der Waals surface area contributed by atoms with Gasteiger partial charge in [-0.05, 0) is 12.1 Å². The maximum absolute atomic E-state index is 11.1. The molecule has 0 fully saturated rings. The van der Waals surface area contributed by atoms with Crippen molar-refractivity contribution in [3.63, 3.8) is 0 Å². The molecule has 21 heavy (non-hydrogen) atoms. The molecule has 0 radical (unpaired) electrons. The molecule has 1 heterocycles. The number of hydrogen-bond donors (Lipinski definition) is 2. The molecule has 4 heteroatoms. The number of benzene rings is 2. The molecule has 0 amide bonds. The van der Waals surface area contributed by atoms with E-state index in [1.54, 1.807) is 0 Å². The summed E-state index contributed by atoms with van der Waals surface area (Å²) in [6.45, 7) is 0.625. The van der Waals surface area contributed by atoms with Gasteiger partial charge in [-0.1, -0.05) is 42.5 Å². The maximum Gasteiger partial charge on any atom is 0.278 e. The predicted octanol–water partition coefficient (Wildman–Crippen LogP) is 0.816. The molecule has 0 bridgehead atoms. The number of rotatable bonds is 3. The number of ether oxygens (including phenoxy) is 2. The molecule has 0 saturated carbocycles. The highest BCUT2D eigenvalue weighted by molar-refractivity contribution is 5.43. The summed E-state index contributed by atoms with van der Waals surface area (Å²) in [6.07, 6.45) is -0.472. The molecule has 2 aromatic rings. The van der Waals surface area contributed by atoms with Crippen LogP contribution in [0, 0.1) is 0 Å². The third kappa shape index (κ3) is 2.60. The van der Waals surface area contributed by atoms with Gasteiger partial charge in [0.2, 0.25) is 6.10 Å². The van der Waals surface area contributed by atoms with E-state index in [2.05, 4.69) is 0 Å². The van der Waals surface area contributed by atoms with Gasteiger partial charge in [0, 0.05) is 5.56 Å². The summed E-state index contributed by atoms with van der Waals surface area (Å²) in [4.78, 5) is 1.18. The van der Waals surface area contributed by atoms with Crippen LogP contribution in [0.25, 0.3) is 0 Å². The average molecular weight is 286 g/mol. The lowest BCUT2D eigenvalue weighted by Gasteiger charge is -2.40. The minimum atomic E-state index is -1.48. The first-order valence-electron chi connectivity index (χ1n) is 7.11. The van der Waals surface area contributed by atoms with Crippen LogP contribution >= 0.6 is 0 Å². The van der Waals surface area contributed by atoms with E-state index in [1.807, 2.05) is 68.7 Å². The van der Waals surface area contributed by atoms with Crippen molar-refractivity contribution in [2.45, 2.75) is 11.9 Å². The summed E-state index contributed by atoms with van der Waals surface area (Å²) in [5.74, 6) is -0.245. The van der Waals surface area contributed by atoms with Gasteiger partial charge in [-0.15, -0.1) is 0 Å². The molecule has 4 nitrogen and oxygen atoms in total. The first-order chi connectivity index (χ1) is 10.1. The zero-order valence-electron chi connectivity index (χ0n) is 12.2. The monoisotopic (exact) mass is 286 g/mol. The molecule has 3 rings (SSSR count). The zero-order chi connectivity index (χ0) is 14.9. The third-order valence-electron chi connectivity index (χ3n) is 3.60. The van der Waals surface area contributed by atoms with Crippen molar-refractivity contribution < 1.29 is 19.5 Å². The molecule has 0 aliphatic carbocycles. The second-order valence-corrected chi connectivity index (χ2v) is 5.63. The summed E-state index contributed by atoms with van der Waals surface area (Å²) in [5.41, 5.74) is 0.700. The molecular weight excluding hydrogens is 266 g/mol. The molecule has 0 aromatic heterocycles. The molecule has 110 valence electrons. The van der Waals surface area contributed by atoms with Crippen LogP contribution in [0.2, 0.25) is 0 Å². The SMILES string of the molecule is C[NH+](C)C[C@H]1Oc2ccccc2O[C@@]1(O)c1ccccc1. The molecule has 0 saturated heterocycles. The second-order valence-electron chi connectivity index (χ2n) is 5.63. The van der Waals surface area contributed by atoms with Crippen molar-refractivity contribution in [1.29, 1.82) is 0 Å². The van der Waals surface area contributed by atoms with Crippen molar-refractivity contribution >= 4 is 0 Å². The summed E-state index contributed by atoms with van der Waals surface area (Å²) < 4.78 is 12.0. The van der Waals surface area contributed by atoms with E-state index < -0.39 is 11.9 Å². The molecule has 1 aliphatic heterocycles. The topological polar surface area (TPSA) is 43.1 Å². The Hall–Kier alpha value is -2.04. The number of likely N-dealkylation sites (N-methyl/N-ethyl adjacent to an activating group) is 1. The number of nitrogens with one attached hydrogen (secondary N) is 1. The van der Waals surface area contributed by atoms with Gasteiger partial charge < -0.3 is 19.5 Å². The van der Waals surface area contributed by atoms with E-state index in [0.717, 1.165) is 0 Å². The summed E-state index contributed by atoms with van der Waals surface area (Å²) in [6, 6.07) is 16.8. The number of quaternary nitrogens is 1. The molecule has 0 spiro atoms. The Morgan fingerprint density at radius 3 is 2.29 bits per heavy atom. The molecule has 2 atom stereocenters. The van der Waals surface area contributed by atoms with Crippen LogP contribution in [-0.2, 0) is 5.79 Å². The summed E-state index contributed by atoms with van der Waals surface area (Å²) in [5, 5.41) is 11.1. The number of hydrogen-bond acceptors (Lipinski definition) is 3. The van der Waals surface area contributed by atoms with Gasteiger partial charge in [-0.25, -0.2) is 0 Å². The van der Waals surface area contributed by atoms with E-state index in [-0.39, 0.29) is 0 Å². The fourth-order valence-corrected chi connectivity index (χ4v) is 2.57. The summed E-state index contributed by atoms with van der Waals surface area (Å²) >= 11 is 0. The van der Waals surface area contributed by atoms with Crippen LogP contribution in [0.4, 0.5) is 0 Å². The van der Waals surface area contributed by atoms with Gasteiger partial charge in [0.1, 0.15) is 6.54 Å². The van der Waals surface area contributed by atoms with Crippen LogP contribution in [0.5, 0.6) is 11.5 Å². The molecule has 2 aromatic carbocycles. The Balaban J connectivity index is 2.03. The van der Waals surface area contributed by atoms with Crippen molar-refractivity contribution in [2.24, 2.45) is 0 Å². The fourth-order valence-electron chi connectivity index (χ4n) is 2.57. The zero-order valence-corrected chi connectivity index (χ0v) is 12.2. The Morgan fingerprint density at radius 2 is 1.62 bits per heavy atom. The standard InChI is InChI=1S/C17H19NO3/c1-18(2)12-16-17(19,13-8-4-3-5-9-13)21-15-11-7-6-10-14(15)20-16/h3-11,16,19H,12H2,1-2H3/p+1/t16-,17+/m1/s1. The Labute approximate surface area is 124 Å². The van der Waals surface area contributed by atoms with Gasteiger partial charge in [0.05, 0.1) is 14.1 Å². The van der Waals surface area contributed by atoms with Gasteiger partial charge in [0.25, 0.3) is 5.79 Å². The number of para-hydroxylation sites is 2. The molecule has 2 N–H and O–H groups in total. The first kappa shape index (κ1) is 13.9. The van der Waals surface area contributed by atoms with Crippen LogP contribution < -0.4 is 14.4 Å². The van der Waals surface area contributed by atoms with Crippen molar-refractivity contribution in [3.05, 3.63) is 60.2 Å². The van der Waals surface area contributed by atoms with Gasteiger partial charge in [-0.3, -0.25) is 0 Å². The largest absolute Gasteiger partial charge is 0.473 e. The quantitative estimate of drug-likeness (QED) is 0.878. The van der Waals surface area contributed by atoms with E-state index in [0.29, 0.717) is 23.6 Å². The Kier molecular flexibility index (Phi) is 3.57. The highest BCUT2D eigenvalue weighted by Crippen LogP contribution is 2.41.